The molecular formula is C10H16N2O2. The quantitative estimate of drug-likeness (QED) is 0.710. The second kappa shape index (κ2) is 4.81. The minimum Gasteiger partial charge on any atom is -0.488 e. The molecule has 0 saturated carbocycles. The molecule has 14 heavy (non-hydrogen) atoms. The molecule has 0 radical (unpaired) electrons. The van der Waals surface area contributed by atoms with Gasteiger partial charge < -0.3 is 15.0 Å². The first-order chi connectivity index (χ1) is 6.66. The van der Waals surface area contributed by atoms with Crippen LogP contribution in [0.15, 0.2) is 17.1 Å². The topological polar surface area (TPSA) is 57.2 Å². The Morgan fingerprint density at radius 2 is 2.29 bits per heavy atom. The van der Waals surface area contributed by atoms with E-state index in [4.69, 9.17) is 10.5 Å². The molecule has 1 heterocycles. The van der Waals surface area contributed by atoms with Crippen LogP contribution in [-0.2, 0) is 7.05 Å². The Balaban J connectivity index is 2.84. The predicted octanol–water partition coefficient (Wildman–Crippen LogP) is 0.421. The molecule has 78 valence electrons. The molecule has 0 saturated heterocycles. The van der Waals surface area contributed by atoms with E-state index in [9.17, 15) is 4.79 Å². The Bertz CT molecular complexity index is 358. The van der Waals surface area contributed by atoms with Gasteiger partial charge >= 0.3 is 0 Å². The lowest BCUT2D eigenvalue weighted by Crippen LogP contribution is -2.15. The SMILES string of the molecule is Cc1c(OCCCN)c(=O)ccn1C. The first-order valence-electron chi connectivity index (χ1n) is 4.66. The van der Waals surface area contributed by atoms with Crippen LogP contribution in [0.3, 0.4) is 0 Å². The fourth-order valence-electron chi connectivity index (χ4n) is 1.14. The van der Waals surface area contributed by atoms with Crippen LogP contribution in [0.5, 0.6) is 5.75 Å². The second-order valence-electron chi connectivity index (χ2n) is 3.20. The zero-order valence-electron chi connectivity index (χ0n) is 8.62. The van der Waals surface area contributed by atoms with Gasteiger partial charge in [0.15, 0.2) is 5.75 Å². The van der Waals surface area contributed by atoms with E-state index >= 15 is 0 Å². The zero-order valence-corrected chi connectivity index (χ0v) is 8.62. The minimum atomic E-state index is -0.0716. The molecule has 0 atom stereocenters. The van der Waals surface area contributed by atoms with E-state index in [1.54, 1.807) is 6.20 Å². The minimum absolute atomic E-state index is 0.0716. The Morgan fingerprint density at radius 1 is 1.57 bits per heavy atom. The van der Waals surface area contributed by atoms with Crippen LogP contribution < -0.4 is 15.9 Å². The van der Waals surface area contributed by atoms with Crippen LogP contribution in [0.1, 0.15) is 12.1 Å². The number of pyridine rings is 1. The van der Waals surface area contributed by atoms with Gasteiger partial charge in [0.05, 0.1) is 12.3 Å². The zero-order chi connectivity index (χ0) is 10.6. The van der Waals surface area contributed by atoms with Gasteiger partial charge in [0.25, 0.3) is 0 Å². The van der Waals surface area contributed by atoms with Crippen LogP contribution >= 0.6 is 0 Å². The van der Waals surface area contributed by atoms with Gasteiger partial charge in [-0.05, 0) is 19.9 Å². The molecule has 0 bridgehead atoms. The summed E-state index contributed by atoms with van der Waals surface area (Å²) in [6.07, 6.45) is 2.49. The summed E-state index contributed by atoms with van der Waals surface area (Å²) in [7, 11) is 1.88. The molecule has 1 rings (SSSR count). The first-order valence-corrected chi connectivity index (χ1v) is 4.66. The summed E-state index contributed by atoms with van der Waals surface area (Å²) in [6, 6.07) is 1.50. The lowest BCUT2D eigenvalue weighted by molar-refractivity contribution is 0.305. The Hall–Kier alpha value is -1.29. The molecule has 0 aromatic carbocycles. The second-order valence-corrected chi connectivity index (χ2v) is 3.20. The first kappa shape index (κ1) is 10.8. The van der Waals surface area contributed by atoms with Gasteiger partial charge in [-0.3, -0.25) is 4.79 Å². The van der Waals surface area contributed by atoms with Crippen molar-refractivity contribution in [1.82, 2.24) is 4.57 Å². The smallest absolute Gasteiger partial charge is 0.223 e. The number of nitrogens with two attached hydrogens (primary N) is 1. The summed E-state index contributed by atoms with van der Waals surface area (Å²) in [5.74, 6) is 0.434. The van der Waals surface area contributed by atoms with E-state index in [0.717, 1.165) is 12.1 Å². The molecule has 0 aliphatic carbocycles. The van der Waals surface area contributed by atoms with Crippen molar-refractivity contribution < 1.29 is 4.74 Å². The Morgan fingerprint density at radius 3 is 2.93 bits per heavy atom. The Kier molecular flexibility index (Phi) is 3.71. The van der Waals surface area contributed by atoms with E-state index in [1.165, 1.54) is 6.07 Å². The summed E-state index contributed by atoms with van der Waals surface area (Å²) in [5, 5.41) is 0. The maximum atomic E-state index is 11.4. The molecule has 2 N–H and O–H groups in total. The van der Waals surface area contributed by atoms with Crippen molar-refractivity contribution in [3.8, 4) is 5.75 Å². The van der Waals surface area contributed by atoms with Crippen molar-refractivity contribution in [2.75, 3.05) is 13.2 Å². The van der Waals surface area contributed by atoms with Gasteiger partial charge in [-0.1, -0.05) is 0 Å². The molecule has 1 aromatic heterocycles. The van der Waals surface area contributed by atoms with Gasteiger partial charge in [0, 0.05) is 19.3 Å². The highest BCUT2D eigenvalue weighted by atomic mass is 16.5. The van der Waals surface area contributed by atoms with Crippen molar-refractivity contribution in [3.63, 3.8) is 0 Å². The van der Waals surface area contributed by atoms with Gasteiger partial charge in [0.1, 0.15) is 0 Å². The number of hydrogen-bond acceptors (Lipinski definition) is 3. The van der Waals surface area contributed by atoms with Gasteiger partial charge in [-0.15, -0.1) is 0 Å². The van der Waals surface area contributed by atoms with Crippen molar-refractivity contribution >= 4 is 0 Å². The molecule has 0 aliphatic rings. The van der Waals surface area contributed by atoms with Crippen LogP contribution in [0, 0.1) is 6.92 Å². The summed E-state index contributed by atoms with van der Waals surface area (Å²) < 4.78 is 7.24. The van der Waals surface area contributed by atoms with Crippen molar-refractivity contribution in [1.29, 1.82) is 0 Å². The number of rotatable bonds is 4. The van der Waals surface area contributed by atoms with Gasteiger partial charge in [-0.25, -0.2) is 0 Å². The van der Waals surface area contributed by atoms with Gasteiger partial charge in [0.2, 0.25) is 5.43 Å². The summed E-state index contributed by atoms with van der Waals surface area (Å²) >= 11 is 0. The molecule has 0 amide bonds. The molecule has 0 fully saturated rings. The Labute approximate surface area is 83.3 Å². The highest BCUT2D eigenvalue weighted by Crippen LogP contribution is 2.10. The van der Waals surface area contributed by atoms with Crippen molar-refractivity contribution in [2.24, 2.45) is 12.8 Å². The summed E-state index contributed by atoms with van der Waals surface area (Å²) in [4.78, 5) is 11.4. The van der Waals surface area contributed by atoms with E-state index < -0.39 is 0 Å². The van der Waals surface area contributed by atoms with Gasteiger partial charge in [-0.2, -0.15) is 0 Å². The molecule has 4 heteroatoms. The summed E-state index contributed by atoms with van der Waals surface area (Å²) in [5.41, 5.74) is 6.11. The number of hydrogen-bond donors (Lipinski definition) is 1. The standard InChI is InChI=1S/C10H16N2O2/c1-8-10(14-7-3-5-11)9(13)4-6-12(8)2/h4,6H,3,5,7,11H2,1-2H3. The molecule has 4 nitrogen and oxygen atoms in total. The average Bonchev–Trinajstić information content (AvgIpc) is 2.18. The lowest BCUT2D eigenvalue weighted by Gasteiger charge is -2.10. The third kappa shape index (κ3) is 2.35. The average molecular weight is 196 g/mol. The largest absolute Gasteiger partial charge is 0.488 e. The third-order valence-corrected chi connectivity index (χ3v) is 2.13. The maximum absolute atomic E-state index is 11.4. The van der Waals surface area contributed by atoms with E-state index in [1.807, 2.05) is 18.5 Å². The van der Waals surface area contributed by atoms with E-state index in [2.05, 4.69) is 0 Å². The molecule has 1 aromatic rings. The normalized spacial score (nSPS) is 10.2. The van der Waals surface area contributed by atoms with Crippen LogP contribution in [0.2, 0.25) is 0 Å². The fraction of sp³-hybridized carbons (Fsp3) is 0.500. The summed E-state index contributed by atoms with van der Waals surface area (Å²) in [6.45, 7) is 2.93. The molecular weight excluding hydrogens is 180 g/mol. The third-order valence-electron chi connectivity index (χ3n) is 2.13. The van der Waals surface area contributed by atoms with Crippen LogP contribution in [0.4, 0.5) is 0 Å². The monoisotopic (exact) mass is 196 g/mol. The number of aryl methyl sites for hydroxylation is 1. The number of ether oxygens (including phenoxy) is 1. The highest BCUT2D eigenvalue weighted by Gasteiger charge is 2.05. The predicted molar refractivity (Wildman–Crippen MR) is 55.6 cm³/mol. The maximum Gasteiger partial charge on any atom is 0.223 e. The molecule has 0 unspecified atom stereocenters. The highest BCUT2D eigenvalue weighted by molar-refractivity contribution is 5.26. The van der Waals surface area contributed by atoms with Crippen LogP contribution in [-0.4, -0.2) is 17.7 Å². The van der Waals surface area contributed by atoms with Crippen LogP contribution in [0.25, 0.3) is 0 Å². The fourth-order valence-corrected chi connectivity index (χ4v) is 1.14. The lowest BCUT2D eigenvalue weighted by atomic mass is 10.3. The van der Waals surface area contributed by atoms with Crippen molar-refractivity contribution in [3.05, 3.63) is 28.2 Å². The molecule has 0 aliphatic heterocycles. The van der Waals surface area contributed by atoms with E-state index in [0.29, 0.717) is 18.9 Å². The molecule has 0 spiro atoms. The number of nitrogens with zero attached hydrogens (tertiary/aromatic N) is 1. The van der Waals surface area contributed by atoms with Crippen molar-refractivity contribution in [2.45, 2.75) is 13.3 Å². The van der Waals surface area contributed by atoms with E-state index in [-0.39, 0.29) is 5.43 Å². The number of aromatic nitrogens is 1.